The van der Waals surface area contributed by atoms with Crippen LogP contribution in [0.25, 0.3) is 0 Å². The summed E-state index contributed by atoms with van der Waals surface area (Å²) in [5.41, 5.74) is 5.67. The van der Waals surface area contributed by atoms with Crippen molar-refractivity contribution in [2.24, 2.45) is 5.73 Å². The van der Waals surface area contributed by atoms with E-state index < -0.39 is 0 Å². The molecule has 88 valence electrons. The van der Waals surface area contributed by atoms with Crippen LogP contribution in [0.2, 0.25) is 0 Å². The van der Waals surface area contributed by atoms with Crippen LogP contribution in [0.5, 0.6) is 0 Å². The maximum Gasteiger partial charge on any atom is 0.0963 e. The van der Waals surface area contributed by atoms with Crippen LogP contribution in [0.1, 0.15) is 19.3 Å². The van der Waals surface area contributed by atoms with Gasteiger partial charge in [0.25, 0.3) is 0 Å². The first-order valence-electron chi connectivity index (χ1n) is 5.29. The highest BCUT2D eigenvalue weighted by Crippen LogP contribution is 2.38. The number of pyridine rings is 1. The Labute approximate surface area is 108 Å². The van der Waals surface area contributed by atoms with E-state index in [0.717, 1.165) is 28.8 Å². The quantitative estimate of drug-likeness (QED) is 0.898. The van der Waals surface area contributed by atoms with Crippen LogP contribution in [0.4, 0.5) is 0 Å². The molecule has 1 fully saturated rings. The van der Waals surface area contributed by atoms with Gasteiger partial charge in [-0.1, -0.05) is 0 Å². The van der Waals surface area contributed by atoms with Gasteiger partial charge in [0.05, 0.1) is 11.6 Å². The zero-order chi connectivity index (χ0) is 11.6. The van der Waals surface area contributed by atoms with Crippen molar-refractivity contribution in [3.8, 4) is 0 Å². The smallest absolute Gasteiger partial charge is 0.0963 e. The highest BCUT2D eigenvalue weighted by atomic mass is 79.9. The molecule has 0 aromatic carbocycles. The predicted molar refractivity (Wildman–Crippen MR) is 69.4 cm³/mol. The average molecular weight is 303 g/mol. The molecule has 5 heteroatoms. The zero-order valence-corrected chi connectivity index (χ0v) is 11.3. The van der Waals surface area contributed by atoms with E-state index in [2.05, 4.69) is 20.9 Å². The lowest BCUT2D eigenvalue weighted by Crippen LogP contribution is -2.40. The third-order valence-corrected chi connectivity index (χ3v) is 4.59. The summed E-state index contributed by atoms with van der Waals surface area (Å²) in [5.74, 6) is 0. The molecule has 0 bridgehead atoms. The Bertz CT molecular complexity index is 360. The van der Waals surface area contributed by atoms with Crippen LogP contribution in [0.15, 0.2) is 27.8 Å². The number of halogens is 1. The average Bonchev–Trinajstić information content (AvgIpc) is 2.65. The van der Waals surface area contributed by atoms with Crippen molar-refractivity contribution in [1.82, 2.24) is 4.98 Å². The first-order chi connectivity index (χ1) is 7.61. The molecule has 3 N–H and O–H groups in total. The lowest BCUT2D eigenvalue weighted by Gasteiger charge is -2.20. The van der Waals surface area contributed by atoms with Gasteiger partial charge in [0.2, 0.25) is 0 Å². The fraction of sp³-hybridized carbons (Fsp3) is 0.545. The van der Waals surface area contributed by atoms with E-state index in [4.69, 9.17) is 5.73 Å². The molecule has 2 rings (SSSR count). The molecule has 0 radical (unpaired) electrons. The van der Waals surface area contributed by atoms with E-state index in [1.54, 1.807) is 18.0 Å². The van der Waals surface area contributed by atoms with Crippen LogP contribution < -0.4 is 5.73 Å². The molecule has 1 heterocycles. The van der Waals surface area contributed by atoms with Gasteiger partial charge >= 0.3 is 0 Å². The van der Waals surface area contributed by atoms with E-state index in [9.17, 15) is 5.11 Å². The number of hydrogen-bond donors (Lipinski definition) is 2. The van der Waals surface area contributed by atoms with Crippen molar-refractivity contribution >= 4 is 27.7 Å². The third-order valence-electron chi connectivity index (χ3n) is 2.90. The van der Waals surface area contributed by atoms with Gasteiger partial charge in [-0.3, -0.25) is 0 Å². The minimum Gasteiger partial charge on any atom is -0.394 e. The van der Waals surface area contributed by atoms with Crippen LogP contribution in [0, 0.1) is 0 Å². The summed E-state index contributed by atoms with van der Waals surface area (Å²) in [6, 6.07) is 4.00. The molecule has 16 heavy (non-hydrogen) atoms. The van der Waals surface area contributed by atoms with Gasteiger partial charge < -0.3 is 10.8 Å². The number of aliphatic hydroxyl groups is 1. The number of aromatic nitrogens is 1. The lowest BCUT2D eigenvalue weighted by atomic mass is 10.0. The van der Waals surface area contributed by atoms with Crippen molar-refractivity contribution in [2.45, 2.75) is 35.1 Å². The molecule has 2 unspecified atom stereocenters. The second-order valence-electron chi connectivity index (χ2n) is 4.32. The van der Waals surface area contributed by atoms with Crippen LogP contribution in [0.3, 0.4) is 0 Å². The largest absolute Gasteiger partial charge is 0.394 e. The second kappa shape index (κ2) is 5.04. The number of rotatable bonds is 3. The molecule has 1 aromatic heterocycles. The summed E-state index contributed by atoms with van der Waals surface area (Å²) in [5, 5.41) is 10.7. The number of nitrogens with zero attached hydrogens (tertiary/aromatic N) is 1. The number of hydrogen-bond acceptors (Lipinski definition) is 4. The molecule has 0 amide bonds. The Morgan fingerprint density at radius 3 is 3.00 bits per heavy atom. The van der Waals surface area contributed by atoms with Crippen molar-refractivity contribution in [3.63, 3.8) is 0 Å². The first kappa shape index (κ1) is 12.4. The molecule has 0 aliphatic heterocycles. The van der Waals surface area contributed by atoms with Crippen molar-refractivity contribution in [1.29, 1.82) is 0 Å². The maximum atomic E-state index is 9.19. The Hall–Kier alpha value is -0.100. The highest BCUT2D eigenvalue weighted by Gasteiger charge is 2.35. The van der Waals surface area contributed by atoms with E-state index in [1.807, 2.05) is 12.1 Å². The Morgan fingerprint density at radius 2 is 2.44 bits per heavy atom. The standard InChI is InChI=1S/C11H15BrN2OS/c12-8-1-2-10(14-6-8)16-9-3-4-11(13,5-9)7-15/h1-2,6,9,15H,3-5,7,13H2. The third kappa shape index (κ3) is 2.97. The Kier molecular flexibility index (Phi) is 3.89. The van der Waals surface area contributed by atoms with Gasteiger partial charge in [-0.05, 0) is 47.3 Å². The summed E-state index contributed by atoms with van der Waals surface area (Å²) >= 11 is 5.12. The fourth-order valence-electron chi connectivity index (χ4n) is 1.95. The predicted octanol–water partition coefficient (Wildman–Crippen LogP) is 2.18. The SMILES string of the molecule is NC1(CO)CCC(Sc2ccc(Br)cn2)C1. The molecule has 0 spiro atoms. The summed E-state index contributed by atoms with van der Waals surface area (Å²) < 4.78 is 0.992. The van der Waals surface area contributed by atoms with Gasteiger partial charge in [0, 0.05) is 21.5 Å². The minimum atomic E-state index is -0.368. The zero-order valence-electron chi connectivity index (χ0n) is 8.90. The first-order valence-corrected chi connectivity index (χ1v) is 6.96. The fourth-order valence-corrected chi connectivity index (χ4v) is 3.44. The number of thioether (sulfide) groups is 1. The Balaban J connectivity index is 1.94. The van der Waals surface area contributed by atoms with Crippen molar-refractivity contribution in [2.75, 3.05) is 6.61 Å². The van der Waals surface area contributed by atoms with E-state index in [1.165, 1.54) is 0 Å². The normalized spacial score (nSPS) is 29.6. The summed E-state index contributed by atoms with van der Waals surface area (Å²) in [6.07, 6.45) is 4.63. The molecule has 3 nitrogen and oxygen atoms in total. The van der Waals surface area contributed by atoms with Gasteiger partial charge in [0.1, 0.15) is 0 Å². The van der Waals surface area contributed by atoms with Gasteiger partial charge in [-0.25, -0.2) is 4.98 Å². The summed E-state index contributed by atoms with van der Waals surface area (Å²) in [4.78, 5) is 4.33. The van der Waals surface area contributed by atoms with Crippen LogP contribution in [-0.2, 0) is 0 Å². The van der Waals surface area contributed by atoms with Crippen molar-refractivity contribution < 1.29 is 5.11 Å². The second-order valence-corrected chi connectivity index (χ2v) is 6.55. The minimum absolute atomic E-state index is 0.0812. The van der Waals surface area contributed by atoms with E-state index in [-0.39, 0.29) is 12.1 Å². The Morgan fingerprint density at radius 1 is 1.62 bits per heavy atom. The summed E-state index contributed by atoms with van der Waals surface area (Å²) in [7, 11) is 0. The van der Waals surface area contributed by atoms with E-state index in [0.29, 0.717) is 5.25 Å². The van der Waals surface area contributed by atoms with Gasteiger partial charge in [0.15, 0.2) is 0 Å². The number of aliphatic hydroxyl groups excluding tert-OH is 1. The number of nitrogens with two attached hydrogens (primary N) is 1. The van der Waals surface area contributed by atoms with E-state index >= 15 is 0 Å². The van der Waals surface area contributed by atoms with Gasteiger partial charge in [-0.15, -0.1) is 11.8 Å². The van der Waals surface area contributed by atoms with Crippen molar-refractivity contribution in [3.05, 3.63) is 22.8 Å². The molecule has 1 aromatic rings. The highest BCUT2D eigenvalue weighted by molar-refractivity contribution is 9.10. The molecule has 1 aliphatic carbocycles. The molecular formula is C11H15BrN2OS. The molecule has 1 saturated carbocycles. The lowest BCUT2D eigenvalue weighted by molar-refractivity contribution is 0.200. The molecule has 0 saturated heterocycles. The van der Waals surface area contributed by atoms with Crippen LogP contribution >= 0.6 is 27.7 Å². The molecular weight excluding hydrogens is 288 g/mol. The monoisotopic (exact) mass is 302 g/mol. The molecule has 2 atom stereocenters. The maximum absolute atomic E-state index is 9.19. The molecule has 1 aliphatic rings. The van der Waals surface area contributed by atoms with Gasteiger partial charge in [-0.2, -0.15) is 0 Å². The topological polar surface area (TPSA) is 59.1 Å². The summed E-state index contributed by atoms with van der Waals surface area (Å²) in [6.45, 7) is 0.0812. The van der Waals surface area contributed by atoms with Crippen LogP contribution in [-0.4, -0.2) is 27.5 Å².